The fraction of sp³-hybridized carbons (Fsp3) is 0.818. The lowest BCUT2D eigenvalue weighted by atomic mass is 10.2. The number of ether oxygens (including phenoxy) is 6. The molecule has 1 fully saturated rings. The molecule has 1 saturated heterocycles. The Hall–Kier alpha value is -2.28. The normalized spacial score (nSPS) is 17.8. The average molecular weight is 491 g/mol. The van der Waals surface area contributed by atoms with Gasteiger partial charge in [-0.1, -0.05) is 0 Å². The summed E-state index contributed by atoms with van der Waals surface area (Å²) in [5.74, 6) is -1.20. The van der Waals surface area contributed by atoms with Gasteiger partial charge in [-0.25, -0.2) is 0 Å². The summed E-state index contributed by atoms with van der Waals surface area (Å²) >= 11 is 0. The van der Waals surface area contributed by atoms with Crippen LogP contribution in [-0.2, 0) is 47.6 Å². The number of methoxy groups -OCH3 is 2. The summed E-state index contributed by atoms with van der Waals surface area (Å²) in [5.41, 5.74) is 0. The zero-order valence-electron chi connectivity index (χ0n) is 20.3. The highest BCUT2D eigenvalue weighted by atomic mass is 16.5. The standard InChI is InChI=1S/C22H38N2O10/c1-29-21(27)5-3-19(25)23-7-11-31-15-17-33-13-9-24(20(26)4-6-22(28)30-2)10-14-34-18-16-32-12-8-23/h3-18H2,1-2H3. The van der Waals surface area contributed by atoms with Crippen LogP contribution in [0.4, 0.5) is 0 Å². The first-order chi connectivity index (χ1) is 16.5. The Morgan fingerprint density at radius 3 is 1.09 bits per heavy atom. The summed E-state index contributed by atoms with van der Waals surface area (Å²) in [6, 6.07) is 0. The second kappa shape index (κ2) is 19.1. The highest BCUT2D eigenvalue weighted by Gasteiger charge is 2.17. The molecule has 1 rings (SSSR count). The van der Waals surface area contributed by atoms with E-state index in [-0.39, 0.29) is 37.5 Å². The zero-order valence-corrected chi connectivity index (χ0v) is 20.3. The van der Waals surface area contributed by atoms with Crippen molar-refractivity contribution in [3.63, 3.8) is 0 Å². The molecule has 12 heteroatoms. The highest BCUT2D eigenvalue weighted by molar-refractivity contribution is 5.81. The first kappa shape index (κ1) is 29.8. The van der Waals surface area contributed by atoms with E-state index in [4.69, 9.17) is 18.9 Å². The molecule has 1 aliphatic rings. The van der Waals surface area contributed by atoms with Crippen molar-refractivity contribution in [2.24, 2.45) is 0 Å². The minimum absolute atomic E-state index is 0.0252. The van der Waals surface area contributed by atoms with Crippen molar-refractivity contribution in [1.82, 2.24) is 9.80 Å². The molecule has 0 saturated carbocycles. The Kier molecular flexibility index (Phi) is 16.7. The highest BCUT2D eigenvalue weighted by Crippen LogP contribution is 2.02. The lowest BCUT2D eigenvalue weighted by molar-refractivity contribution is -0.144. The first-order valence-corrected chi connectivity index (χ1v) is 11.5. The van der Waals surface area contributed by atoms with E-state index in [1.807, 2.05) is 0 Å². The minimum Gasteiger partial charge on any atom is -0.469 e. The van der Waals surface area contributed by atoms with Gasteiger partial charge in [0, 0.05) is 39.0 Å². The number of amides is 2. The van der Waals surface area contributed by atoms with Crippen molar-refractivity contribution in [2.45, 2.75) is 25.7 Å². The topological polar surface area (TPSA) is 130 Å². The Labute approximate surface area is 200 Å². The molecule has 196 valence electrons. The maximum atomic E-state index is 12.4. The molecule has 0 aliphatic carbocycles. The Morgan fingerprint density at radius 1 is 0.529 bits per heavy atom. The van der Waals surface area contributed by atoms with Crippen molar-refractivity contribution in [3.8, 4) is 0 Å². The Bertz CT molecular complexity index is 544. The van der Waals surface area contributed by atoms with Gasteiger partial charge in [0.2, 0.25) is 11.8 Å². The summed E-state index contributed by atoms with van der Waals surface area (Å²) in [7, 11) is 2.58. The van der Waals surface area contributed by atoms with Crippen molar-refractivity contribution >= 4 is 23.8 Å². The fourth-order valence-corrected chi connectivity index (χ4v) is 3.00. The maximum absolute atomic E-state index is 12.4. The van der Waals surface area contributed by atoms with E-state index in [0.29, 0.717) is 79.0 Å². The summed E-state index contributed by atoms with van der Waals surface area (Å²) in [6.07, 6.45) is 0.177. The first-order valence-electron chi connectivity index (χ1n) is 11.5. The second-order valence-corrected chi connectivity index (χ2v) is 7.36. The predicted molar refractivity (Wildman–Crippen MR) is 119 cm³/mol. The van der Waals surface area contributed by atoms with Crippen LogP contribution in [0.5, 0.6) is 0 Å². The summed E-state index contributed by atoms with van der Waals surface area (Å²) < 4.78 is 31.4. The molecular formula is C22H38N2O10. The number of hydrogen-bond acceptors (Lipinski definition) is 10. The Balaban J connectivity index is 2.50. The van der Waals surface area contributed by atoms with Crippen molar-refractivity contribution in [1.29, 1.82) is 0 Å². The van der Waals surface area contributed by atoms with E-state index >= 15 is 0 Å². The van der Waals surface area contributed by atoms with Gasteiger partial charge >= 0.3 is 11.9 Å². The van der Waals surface area contributed by atoms with Crippen molar-refractivity contribution in [2.75, 3.05) is 93.3 Å². The molecule has 0 spiro atoms. The van der Waals surface area contributed by atoms with Crippen LogP contribution in [0.15, 0.2) is 0 Å². The number of nitrogens with zero attached hydrogens (tertiary/aromatic N) is 2. The van der Waals surface area contributed by atoms with Crippen LogP contribution in [0.1, 0.15) is 25.7 Å². The SMILES string of the molecule is COC(=O)CCC(=O)N1CCOCCOCCN(C(=O)CCC(=O)OC)CCOCCOCC1. The molecule has 0 aromatic carbocycles. The lowest BCUT2D eigenvalue weighted by Gasteiger charge is -2.24. The van der Waals surface area contributed by atoms with E-state index in [9.17, 15) is 19.2 Å². The third-order valence-electron chi connectivity index (χ3n) is 5.01. The fourth-order valence-electron chi connectivity index (χ4n) is 3.00. The van der Waals surface area contributed by atoms with Gasteiger partial charge in [-0.2, -0.15) is 0 Å². The third-order valence-corrected chi connectivity index (χ3v) is 5.01. The van der Waals surface area contributed by atoms with Gasteiger partial charge in [0.15, 0.2) is 0 Å². The molecule has 2 amide bonds. The number of carbonyl (C=O) groups excluding carboxylic acids is 4. The van der Waals surface area contributed by atoms with Crippen molar-refractivity contribution < 1.29 is 47.6 Å². The maximum Gasteiger partial charge on any atom is 0.306 e. The number of rotatable bonds is 6. The minimum atomic E-state index is -0.430. The number of hydrogen-bond donors (Lipinski definition) is 0. The van der Waals surface area contributed by atoms with Gasteiger partial charge in [0.05, 0.1) is 79.9 Å². The number of esters is 2. The van der Waals surface area contributed by atoms with Gasteiger partial charge in [0.25, 0.3) is 0 Å². The van der Waals surface area contributed by atoms with Crippen LogP contribution in [0.3, 0.4) is 0 Å². The molecule has 0 unspecified atom stereocenters. The van der Waals surface area contributed by atoms with Gasteiger partial charge in [-0.15, -0.1) is 0 Å². The van der Waals surface area contributed by atoms with Crippen LogP contribution in [-0.4, -0.2) is 127 Å². The van der Waals surface area contributed by atoms with Crippen LogP contribution >= 0.6 is 0 Å². The Morgan fingerprint density at radius 2 is 0.824 bits per heavy atom. The summed E-state index contributed by atoms with van der Waals surface area (Å²) in [5, 5.41) is 0. The number of carbonyl (C=O) groups is 4. The van der Waals surface area contributed by atoms with Gasteiger partial charge in [-0.3, -0.25) is 19.2 Å². The van der Waals surface area contributed by atoms with E-state index < -0.39 is 11.9 Å². The molecule has 0 N–H and O–H groups in total. The molecule has 0 atom stereocenters. The van der Waals surface area contributed by atoms with Gasteiger partial charge in [-0.05, 0) is 0 Å². The molecule has 1 aliphatic heterocycles. The average Bonchev–Trinajstić information content (AvgIpc) is 2.85. The summed E-state index contributed by atoms with van der Waals surface area (Å²) in [4.78, 5) is 50.7. The van der Waals surface area contributed by atoms with Crippen LogP contribution in [0.2, 0.25) is 0 Å². The van der Waals surface area contributed by atoms with E-state index in [0.717, 1.165) is 0 Å². The van der Waals surface area contributed by atoms with Crippen LogP contribution < -0.4 is 0 Å². The molecular weight excluding hydrogens is 452 g/mol. The third kappa shape index (κ3) is 14.1. The van der Waals surface area contributed by atoms with E-state index in [1.54, 1.807) is 9.80 Å². The largest absolute Gasteiger partial charge is 0.469 e. The molecule has 0 aromatic rings. The molecule has 0 bridgehead atoms. The van der Waals surface area contributed by atoms with Crippen LogP contribution in [0.25, 0.3) is 0 Å². The van der Waals surface area contributed by atoms with E-state index in [2.05, 4.69) is 9.47 Å². The summed E-state index contributed by atoms with van der Waals surface area (Å²) in [6.45, 7) is 4.04. The molecule has 0 aromatic heterocycles. The van der Waals surface area contributed by atoms with Gasteiger partial charge < -0.3 is 38.2 Å². The second-order valence-electron chi connectivity index (χ2n) is 7.36. The lowest BCUT2D eigenvalue weighted by Crippen LogP contribution is -2.38. The molecule has 0 radical (unpaired) electrons. The zero-order chi connectivity index (χ0) is 25.0. The quantitative estimate of drug-likeness (QED) is 0.455. The van der Waals surface area contributed by atoms with Gasteiger partial charge in [0.1, 0.15) is 0 Å². The smallest absolute Gasteiger partial charge is 0.306 e. The molecule has 34 heavy (non-hydrogen) atoms. The van der Waals surface area contributed by atoms with E-state index in [1.165, 1.54) is 14.2 Å². The monoisotopic (exact) mass is 490 g/mol. The van der Waals surface area contributed by atoms with Crippen LogP contribution in [0, 0.1) is 0 Å². The molecule has 1 heterocycles. The predicted octanol–water partition coefficient (Wildman–Crippen LogP) is -0.370. The van der Waals surface area contributed by atoms with Crippen molar-refractivity contribution in [3.05, 3.63) is 0 Å². The molecule has 12 nitrogen and oxygen atoms in total.